The van der Waals surface area contributed by atoms with Crippen LogP contribution in [-0.4, -0.2) is 9.78 Å². The summed E-state index contributed by atoms with van der Waals surface area (Å²) >= 11 is 6.03. The molecule has 0 saturated heterocycles. The highest BCUT2D eigenvalue weighted by Crippen LogP contribution is 2.26. The van der Waals surface area contributed by atoms with Gasteiger partial charge in [-0.25, -0.2) is 0 Å². The van der Waals surface area contributed by atoms with Gasteiger partial charge in [-0.1, -0.05) is 11.6 Å². The highest BCUT2D eigenvalue weighted by Gasteiger charge is 2.08. The Kier molecular flexibility index (Phi) is 1.81. The Morgan fingerprint density at radius 2 is 2.00 bits per heavy atom. The molecule has 2 rings (SSSR count). The fourth-order valence-electron chi connectivity index (χ4n) is 1.71. The average Bonchev–Trinajstić information content (AvgIpc) is 2.35. The van der Waals surface area contributed by atoms with Crippen molar-refractivity contribution in [3.8, 4) is 0 Å². The van der Waals surface area contributed by atoms with Crippen molar-refractivity contribution in [3.05, 3.63) is 28.4 Å². The van der Waals surface area contributed by atoms with Gasteiger partial charge in [0, 0.05) is 17.5 Å². The normalized spacial score (nSPS) is 11.1. The number of aryl methyl sites for hydroxylation is 3. The Hall–Kier alpha value is -1.02. The Morgan fingerprint density at radius 1 is 1.31 bits per heavy atom. The molecule has 0 N–H and O–H groups in total. The second kappa shape index (κ2) is 2.74. The molecule has 0 radical (unpaired) electrons. The predicted octanol–water partition coefficient (Wildman–Crippen LogP) is 2.84. The Labute approximate surface area is 82.1 Å². The monoisotopic (exact) mass is 194 g/mol. The van der Waals surface area contributed by atoms with Gasteiger partial charge in [-0.15, -0.1) is 0 Å². The van der Waals surface area contributed by atoms with Crippen LogP contribution in [0.15, 0.2) is 12.1 Å². The third-order valence-corrected chi connectivity index (χ3v) is 2.79. The largest absolute Gasteiger partial charge is 0.267 e. The quantitative estimate of drug-likeness (QED) is 0.631. The van der Waals surface area contributed by atoms with E-state index in [-0.39, 0.29) is 0 Å². The van der Waals surface area contributed by atoms with E-state index < -0.39 is 0 Å². The molecule has 0 aliphatic carbocycles. The number of benzene rings is 1. The zero-order valence-electron chi connectivity index (χ0n) is 7.93. The number of hydrogen-bond acceptors (Lipinski definition) is 1. The number of aromatic nitrogens is 2. The van der Waals surface area contributed by atoms with Gasteiger partial charge in [0.1, 0.15) is 0 Å². The van der Waals surface area contributed by atoms with E-state index in [0.29, 0.717) is 0 Å². The van der Waals surface area contributed by atoms with Gasteiger partial charge in [-0.2, -0.15) is 5.10 Å². The summed E-state index contributed by atoms with van der Waals surface area (Å²) in [4.78, 5) is 0. The Morgan fingerprint density at radius 3 is 2.69 bits per heavy atom. The van der Waals surface area contributed by atoms with Gasteiger partial charge in [0.2, 0.25) is 0 Å². The molecule has 0 spiro atoms. The lowest BCUT2D eigenvalue weighted by Crippen LogP contribution is -1.91. The maximum atomic E-state index is 6.03. The van der Waals surface area contributed by atoms with Crippen LogP contribution in [0.1, 0.15) is 11.3 Å². The van der Waals surface area contributed by atoms with E-state index in [0.717, 1.165) is 21.8 Å². The first kappa shape index (κ1) is 8.57. The first-order valence-electron chi connectivity index (χ1n) is 4.19. The van der Waals surface area contributed by atoms with E-state index >= 15 is 0 Å². The third-order valence-electron chi connectivity index (χ3n) is 2.38. The molecule has 0 saturated carbocycles. The minimum Gasteiger partial charge on any atom is -0.267 e. The molecule has 0 bridgehead atoms. The van der Waals surface area contributed by atoms with Crippen molar-refractivity contribution in [2.45, 2.75) is 13.8 Å². The number of rotatable bonds is 0. The standard InChI is InChI=1S/C10H11ClN2/c1-6-9(11)5-4-8-7(2)12-13(3)10(6)8/h4-5H,1-3H3. The van der Waals surface area contributed by atoms with Crippen LogP contribution < -0.4 is 0 Å². The smallest absolute Gasteiger partial charge is 0.0725 e. The predicted molar refractivity (Wildman–Crippen MR) is 55.2 cm³/mol. The van der Waals surface area contributed by atoms with E-state index in [4.69, 9.17) is 11.6 Å². The molecule has 2 aromatic rings. The second-order valence-electron chi connectivity index (χ2n) is 3.28. The number of halogens is 1. The molecule has 1 heterocycles. The minimum absolute atomic E-state index is 0.801. The molecule has 0 amide bonds. The van der Waals surface area contributed by atoms with Crippen LogP contribution in [0.25, 0.3) is 10.9 Å². The van der Waals surface area contributed by atoms with Crippen LogP contribution in [0.5, 0.6) is 0 Å². The summed E-state index contributed by atoms with van der Waals surface area (Å²) in [5.41, 5.74) is 3.28. The van der Waals surface area contributed by atoms with Gasteiger partial charge in [0.25, 0.3) is 0 Å². The van der Waals surface area contributed by atoms with Crippen molar-refractivity contribution in [3.63, 3.8) is 0 Å². The van der Waals surface area contributed by atoms with Gasteiger partial charge in [-0.3, -0.25) is 4.68 Å². The minimum atomic E-state index is 0.801. The molecule has 0 fully saturated rings. The Balaban J connectivity index is 2.98. The lowest BCUT2D eigenvalue weighted by atomic mass is 10.1. The van der Waals surface area contributed by atoms with Crippen molar-refractivity contribution >= 4 is 22.5 Å². The SMILES string of the molecule is Cc1nn(C)c2c(C)c(Cl)ccc12. The lowest BCUT2D eigenvalue weighted by Gasteiger charge is -2.01. The number of hydrogen-bond donors (Lipinski definition) is 0. The van der Waals surface area contributed by atoms with Crippen LogP contribution in [0.2, 0.25) is 5.02 Å². The van der Waals surface area contributed by atoms with Crippen molar-refractivity contribution in [2.24, 2.45) is 7.05 Å². The lowest BCUT2D eigenvalue weighted by molar-refractivity contribution is 0.781. The zero-order chi connectivity index (χ0) is 9.59. The third kappa shape index (κ3) is 1.13. The molecule has 0 aliphatic rings. The summed E-state index contributed by atoms with van der Waals surface area (Å²) in [7, 11) is 1.94. The van der Waals surface area contributed by atoms with Crippen LogP contribution in [0, 0.1) is 13.8 Å². The maximum absolute atomic E-state index is 6.03. The summed E-state index contributed by atoms with van der Waals surface area (Å²) in [6.45, 7) is 4.03. The average molecular weight is 195 g/mol. The Bertz CT molecular complexity index is 471. The summed E-state index contributed by atoms with van der Waals surface area (Å²) in [6.07, 6.45) is 0. The summed E-state index contributed by atoms with van der Waals surface area (Å²) in [5, 5.41) is 6.34. The molecule has 3 heteroatoms. The van der Waals surface area contributed by atoms with Crippen molar-refractivity contribution < 1.29 is 0 Å². The van der Waals surface area contributed by atoms with Gasteiger partial charge in [-0.05, 0) is 31.5 Å². The molecular formula is C10H11ClN2. The molecule has 0 atom stereocenters. The topological polar surface area (TPSA) is 17.8 Å². The summed E-state index contributed by atoms with van der Waals surface area (Å²) < 4.78 is 1.88. The molecule has 1 aromatic heterocycles. The van der Waals surface area contributed by atoms with E-state index in [9.17, 15) is 0 Å². The van der Waals surface area contributed by atoms with Crippen LogP contribution >= 0.6 is 11.6 Å². The van der Waals surface area contributed by atoms with E-state index in [1.54, 1.807) is 0 Å². The van der Waals surface area contributed by atoms with Crippen LogP contribution in [-0.2, 0) is 7.05 Å². The molecule has 0 unspecified atom stereocenters. The molecule has 13 heavy (non-hydrogen) atoms. The molecule has 68 valence electrons. The number of fused-ring (bicyclic) bond motifs is 1. The van der Waals surface area contributed by atoms with Crippen LogP contribution in [0.3, 0.4) is 0 Å². The fraction of sp³-hybridized carbons (Fsp3) is 0.300. The van der Waals surface area contributed by atoms with Crippen LogP contribution in [0.4, 0.5) is 0 Å². The molecular weight excluding hydrogens is 184 g/mol. The molecule has 0 aliphatic heterocycles. The summed E-state index contributed by atoms with van der Waals surface area (Å²) in [5.74, 6) is 0. The molecule has 2 nitrogen and oxygen atoms in total. The zero-order valence-corrected chi connectivity index (χ0v) is 8.68. The van der Waals surface area contributed by atoms with Gasteiger partial charge in [0.05, 0.1) is 11.2 Å². The van der Waals surface area contributed by atoms with E-state index in [1.165, 1.54) is 5.39 Å². The van der Waals surface area contributed by atoms with Crippen molar-refractivity contribution in [1.29, 1.82) is 0 Å². The second-order valence-corrected chi connectivity index (χ2v) is 3.68. The van der Waals surface area contributed by atoms with E-state index in [1.807, 2.05) is 37.7 Å². The first-order chi connectivity index (χ1) is 6.11. The van der Waals surface area contributed by atoms with E-state index in [2.05, 4.69) is 5.10 Å². The molecule has 1 aromatic carbocycles. The van der Waals surface area contributed by atoms with Gasteiger partial charge in [0.15, 0.2) is 0 Å². The highest BCUT2D eigenvalue weighted by molar-refractivity contribution is 6.32. The van der Waals surface area contributed by atoms with Crippen molar-refractivity contribution in [2.75, 3.05) is 0 Å². The summed E-state index contributed by atoms with van der Waals surface area (Å²) in [6, 6.07) is 3.95. The van der Waals surface area contributed by atoms with Gasteiger partial charge < -0.3 is 0 Å². The van der Waals surface area contributed by atoms with Gasteiger partial charge >= 0.3 is 0 Å². The first-order valence-corrected chi connectivity index (χ1v) is 4.57. The van der Waals surface area contributed by atoms with Crippen molar-refractivity contribution in [1.82, 2.24) is 9.78 Å². The number of nitrogens with zero attached hydrogens (tertiary/aromatic N) is 2. The fourth-order valence-corrected chi connectivity index (χ4v) is 1.87. The maximum Gasteiger partial charge on any atom is 0.0725 e. The highest BCUT2D eigenvalue weighted by atomic mass is 35.5.